The van der Waals surface area contributed by atoms with E-state index in [4.69, 9.17) is 4.74 Å². The maximum absolute atomic E-state index is 12.0. The molecule has 0 unspecified atom stereocenters. The molecule has 2 rings (SSSR count). The molecule has 0 radical (unpaired) electrons. The lowest BCUT2D eigenvalue weighted by molar-refractivity contribution is 0.216. The molecule has 0 bridgehead atoms. The third-order valence-corrected chi connectivity index (χ3v) is 5.25. The van der Waals surface area contributed by atoms with Crippen LogP contribution in [0.4, 0.5) is 0 Å². The van der Waals surface area contributed by atoms with Crippen LogP contribution in [0.2, 0.25) is 0 Å². The standard InChI is InChI=1S/C15H23NO3S/c1-19-10-11-20(17,18)16-15-9-5-8-14(15)12-13-6-3-2-4-7-13/h2-4,6-7,14-16H,5,8-12H2,1H3/t14-,15+/m0/s1. The van der Waals surface area contributed by atoms with Crippen LogP contribution in [0.1, 0.15) is 24.8 Å². The molecule has 1 aromatic carbocycles. The minimum absolute atomic E-state index is 0.0397. The molecule has 1 aliphatic carbocycles. The second-order valence-electron chi connectivity index (χ2n) is 5.42. The number of sulfonamides is 1. The second-order valence-corrected chi connectivity index (χ2v) is 7.29. The molecular formula is C15H23NO3S. The highest BCUT2D eigenvalue weighted by molar-refractivity contribution is 7.89. The van der Waals surface area contributed by atoms with Crippen molar-refractivity contribution in [2.24, 2.45) is 5.92 Å². The van der Waals surface area contributed by atoms with Gasteiger partial charge in [-0.15, -0.1) is 0 Å². The molecule has 0 saturated heterocycles. The van der Waals surface area contributed by atoms with E-state index in [0.29, 0.717) is 5.92 Å². The van der Waals surface area contributed by atoms with Gasteiger partial charge in [0.15, 0.2) is 0 Å². The molecule has 1 saturated carbocycles. The topological polar surface area (TPSA) is 55.4 Å². The van der Waals surface area contributed by atoms with E-state index in [2.05, 4.69) is 16.9 Å². The SMILES string of the molecule is COCCS(=O)(=O)N[C@@H]1CCC[C@H]1Cc1ccccc1. The molecule has 4 nitrogen and oxygen atoms in total. The highest BCUT2D eigenvalue weighted by atomic mass is 32.2. The Labute approximate surface area is 121 Å². The molecule has 0 aromatic heterocycles. The van der Waals surface area contributed by atoms with Crippen molar-refractivity contribution in [2.75, 3.05) is 19.5 Å². The molecule has 1 N–H and O–H groups in total. The Morgan fingerprint density at radius 2 is 2.00 bits per heavy atom. The van der Waals surface area contributed by atoms with Crippen molar-refractivity contribution in [3.8, 4) is 0 Å². The van der Waals surface area contributed by atoms with Crippen molar-refractivity contribution in [1.29, 1.82) is 0 Å². The smallest absolute Gasteiger partial charge is 0.214 e. The quantitative estimate of drug-likeness (QED) is 0.837. The van der Waals surface area contributed by atoms with Crippen molar-refractivity contribution in [2.45, 2.75) is 31.7 Å². The molecule has 1 aliphatic rings. The van der Waals surface area contributed by atoms with E-state index >= 15 is 0 Å². The van der Waals surface area contributed by atoms with E-state index in [0.717, 1.165) is 25.7 Å². The zero-order valence-corrected chi connectivity index (χ0v) is 12.7. The summed E-state index contributed by atoms with van der Waals surface area (Å²) in [7, 11) is -1.71. The van der Waals surface area contributed by atoms with Gasteiger partial charge in [0.05, 0.1) is 12.4 Å². The van der Waals surface area contributed by atoms with Crippen LogP contribution in [0.3, 0.4) is 0 Å². The zero-order chi connectivity index (χ0) is 14.4. The molecule has 1 fully saturated rings. The van der Waals surface area contributed by atoms with Gasteiger partial charge >= 0.3 is 0 Å². The molecule has 112 valence electrons. The highest BCUT2D eigenvalue weighted by Crippen LogP contribution is 2.29. The van der Waals surface area contributed by atoms with E-state index < -0.39 is 10.0 Å². The number of ether oxygens (including phenoxy) is 1. The second kappa shape index (κ2) is 7.20. The molecule has 20 heavy (non-hydrogen) atoms. The third kappa shape index (κ3) is 4.58. The van der Waals surface area contributed by atoms with Crippen molar-refractivity contribution in [3.63, 3.8) is 0 Å². The minimum atomic E-state index is -3.23. The average Bonchev–Trinajstić information content (AvgIpc) is 2.84. The summed E-state index contributed by atoms with van der Waals surface area (Å²) < 4.78 is 31.6. The Hall–Kier alpha value is -0.910. The number of nitrogens with one attached hydrogen (secondary N) is 1. The molecule has 0 spiro atoms. The van der Waals surface area contributed by atoms with E-state index in [1.54, 1.807) is 0 Å². The predicted molar refractivity (Wildman–Crippen MR) is 80.1 cm³/mol. The number of benzene rings is 1. The maximum Gasteiger partial charge on any atom is 0.214 e. The van der Waals surface area contributed by atoms with Gasteiger partial charge in [0.25, 0.3) is 0 Å². The summed E-state index contributed by atoms with van der Waals surface area (Å²) in [5, 5.41) is 0. The first kappa shape index (κ1) is 15.5. The van der Waals surface area contributed by atoms with Crippen LogP contribution < -0.4 is 4.72 Å². The Morgan fingerprint density at radius 3 is 2.70 bits per heavy atom. The maximum atomic E-state index is 12.0. The minimum Gasteiger partial charge on any atom is -0.384 e. The van der Waals surface area contributed by atoms with Crippen LogP contribution in [0.15, 0.2) is 30.3 Å². The molecule has 0 heterocycles. The fraction of sp³-hybridized carbons (Fsp3) is 0.600. The van der Waals surface area contributed by atoms with Gasteiger partial charge in [0.1, 0.15) is 0 Å². The van der Waals surface area contributed by atoms with Gasteiger partial charge in [-0.1, -0.05) is 36.8 Å². The first-order chi connectivity index (χ1) is 9.61. The number of methoxy groups -OCH3 is 1. The van der Waals surface area contributed by atoms with Crippen molar-refractivity contribution in [3.05, 3.63) is 35.9 Å². The molecule has 1 aromatic rings. The summed E-state index contributed by atoms with van der Waals surface area (Å²) in [5.74, 6) is 0.438. The van der Waals surface area contributed by atoms with Gasteiger partial charge in [-0.2, -0.15) is 0 Å². The van der Waals surface area contributed by atoms with E-state index in [1.165, 1.54) is 12.7 Å². The molecular weight excluding hydrogens is 274 g/mol. The summed E-state index contributed by atoms with van der Waals surface area (Å²) in [6.07, 6.45) is 4.06. The van der Waals surface area contributed by atoms with E-state index in [-0.39, 0.29) is 18.4 Å². The molecule has 5 heteroatoms. The summed E-state index contributed by atoms with van der Waals surface area (Å²) >= 11 is 0. The Bertz CT molecular complexity index is 501. The fourth-order valence-electron chi connectivity index (χ4n) is 2.84. The van der Waals surface area contributed by atoms with E-state index in [1.807, 2.05) is 18.2 Å². The number of rotatable bonds is 7. The van der Waals surface area contributed by atoms with Crippen LogP contribution in [0.25, 0.3) is 0 Å². The zero-order valence-electron chi connectivity index (χ0n) is 11.9. The van der Waals surface area contributed by atoms with Crippen molar-refractivity contribution < 1.29 is 13.2 Å². The summed E-state index contributed by atoms with van der Waals surface area (Å²) in [4.78, 5) is 0. The van der Waals surface area contributed by atoms with Crippen LogP contribution in [-0.4, -0.2) is 33.9 Å². The van der Waals surface area contributed by atoms with Gasteiger partial charge < -0.3 is 4.74 Å². The summed E-state index contributed by atoms with van der Waals surface area (Å²) in [6, 6.07) is 10.3. The summed E-state index contributed by atoms with van der Waals surface area (Å²) in [5.41, 5.74) is 1.28. The Balaban J connectivity index is 1.94. The predicted octanol–water partition coefficient (Wildman–Crippen LogP) is 1.96. The lowest BCUT2D eigenvalue weighted by Crippen LogP contribution is -2.40. The van der Waals surface area contributed by atoms with Gasteiger partial charge in [0, 0.05) is 13.2 Å². The van der Waals surface area contributed by atoms with Gasteiger partial charge in [-0.25, -0.2) is 13.1 Å². The first-order valence-corrected chi connectivity index (χ1v) is 8.79. The summed E-state index contributed by atoms with van der Waals surface area (Å²) in [6.45, 7) is 0.241. The van der Waals surface area contributed by atoms with E-state index in [9.17, 15) is 8.42 Å². The Morgan fingerprint density at radius 1 is 1.25 bits per heavy atom. The first-order valence-electron chi connectivity index (χ1n) is 7.13. The van der Waals surface area contributed by atoms with Gasteiger partial charge in [0.2, 0.25) is 10.0 Å². The average molecular weight is 297 g/mol. The lowest BCUT2D eigenvalue weighted by atomic mass is 9.95. The molecule has 0 amide bonds. The largest absolute Gasteiger partial charge is 0.384 e. The molecule has 0 aliphatic heterocycles. The van der Waals surface area contributed by atoms with Crippen LogP contribution in [0.5, 0.6) is 0 Å². The van der Waals surface area contributed by atoms with Crippen LogP contribution in [-0.2, 0) is 21.2 Å². The third-order valence-electron chi connectivity index (χ3n) is 3.89. The Kier molecular flexibility index (Phi) is 5.57. The number of hydrogen-bond acceptors (Lipinski definition) is 3. The van der Waals surface area contributed by atoms with Gasteiger partial charge in [-0.05, 0) is 30.7 Å². The van der Waals surface area contributed by atoms with Crippen LogP contribution in [0, 0.1) is 5.92 Å². The monoisotopic (exact) mass is 297 g/mol. The van der Waals surface area contributed by atoms with Crippen molar-refractivity contribution in [1.82, 2.24) is 4.72 Å². The fourth-order valence-corrected chi connectivity index (χ4v) is 4.11. The highest BCUT2D eigenvalue weighted by Gasteiger charge is 2.30. The van der Waals surface area contributed by atoms with Crippen LogP contribution >= 0.6 is 0 Å². The van der Waals surface area contributed by atoms with Crippen molar-refractivity contribution >= 4 is 10.0 Å². The normalized spacial score (nSPS) is 23.1. The number of hydrogen-bond donors (Lipinski definition) is 1. The van der Waals surface area contributed by atoms with Gasteiger partial charge in [-0.3, -0.25) is 0 Å². The lowest BCUT2D eigenvalue weighted by Gasteiger charge is -2.21. The molecule has 2 atom stereocenters.